The lowest BCUT2D eigenvalue weighted by atomic mass is 9.70. The molecule has 0 bridgehead atoms. The number of dihydropyridines is 1. The summed E-state index contributed by atoms with van der Waals surface area (Å²) in [6.07, 6.45) is 6.68. The van der Waals surface area contributed by atoms with Gasteiger partial charge in [0.05, 0.1) is 18.6 Å². The van der Waals surface area contributed by atoms with Crippen LogP contribution in [0.25, 0.3) is 0 Å². The number of allylic oxidation sites excluding steroid dienone is 3. The molecule has 1 saturated carbocycles. The molecule has 2 heterocycles. The number of thiophene rings is 1. The summed E-state index contributed by atoms with van der Waals surface area (Å²) in [6.45, 7) is 5.78. The number of nitrogens with one attached hydrogen (secondary N) is 1. The van der Waals surface area contributed by atoms with Crippen LogP contribution in [-0.2, 0) is 23.9 Å². The second kappa shape index (κ2) is 9.84. The van der Waals surface area contributed by atoms with Crippen LogP contribution in [0.15, 0.2) is 34.7 Å². The van der Waals surface area contributed by atoms with Crippen LogP contribution in [0.5, 0.6) is 0 Å². The number of esters is 2. The van der Waals surface area contributed by atoms with Crippen LogP contribution < -0.4 is 5.32 Å². The van der Waals surface area contributed by atoms with E-state index in [2.05, 4.69) is 5.32 Å². The fourth-order valence-electron chi connectivity index (χ4n) is 5.42. The van der Waals surface area contributed by atoms with Crippen LogP contribution in [0.4, 0.5) is 0 Å². The fourth-order valence-corrected chi connectivity index (χ4v) is 6.42. The lowest BCUT2D eigenvalue weighted by molar-refractivity contribution is -0.151. The van der Waals surface area contributed by atoms with Crippen molar-refractivity contribution in [3.05, 3.63) is 44.4 Å². The van der Waals surface area contributed by atoms with Crippen LogP contribution in [-0.4, -0.2) is 30.9 Å². The number of hydrogen-bond acceptors (Lipinski definition) is 7. The van der Waals surface area contributed by atoms with E-state index in [-0.39, 0.29) is 23.8 Å². The van der Waals surface area contributed by atoms with Crippen LogP contribution in [0, 0.1) is 18.8 Å². The van der Waals surface area contributed by atoms with Gasteiger partial charge >= 0.3 is 11.9 Å². The summed E-state index contributed by atoms with van der Waals surface area (Å²) < 4.78 is 11.0. The molecule has 4 rings (SSSR count). The Morgan fingerprint density at radius 3 is 2.39 bits per heavy atom. The van der Waals surface area contributed by atoms with E-state index in [0.29, 0.717) is 17.6 Å². The first-order valence-electron chi connectivity index (χ1n) is 11.9. The molecular weight excluding hydrogens is 438 g/mol. The molecular formula is C26H33NO5S. The summed E-state index contributed by atoms with van der Waals surface area (Å²) in [4.78, 5) is 41.8. The van der Waals surface area contributed by atoms with Crippen LogP contribution in [0.2, 0.25) is 0 Å². The van der Waals surface area contributed by atoms with E-state index in [0.717, 1.165) is 46.8 Å². The lowest BCUT2D eigenvalue weighted by Gasteiger charge is -2.38. The number of methoxy groups -OCH3 is 1. The highest BCUT2D eigenvalue weighted by Gasteiger charge is 2.47. The van der Waals surface area contributed by atoms with E-state index in [4.69, 9.17) is 9.47 Å². The van der Waals surface area contributed by atoms with Crippen molar-refractivity contribution in [1.29, 1.82) is 0 Å². The highest BCUT2D eigenvalue weighted by Crippen LogP contribution is 2.47. The Bertz CT molecular complexity index is 1010. The molecule has 0 unspecified atom stereocenters. The number of carbonyl (C=O) groups is 3. The van der Waals surface area contributed by atoms with Gasteiger partial charge in [0.1, 0.15) is 12.0 Å². The van der Waals surface area contributed by atoms with Gasteiger partial charge in [-0.05, 0) is 64.0 Å². The Balaban J connectivity index is 1.74. The minimum atomic E-state index is -0.864. The lowest BCUT2D eigenvalue weighted by Crippen LogP contribution is -2.43. The highest BCUT2D eigenvalue weighted by atomic mass is 32.1. The van der Waals surface area contributed by atoms with Gasteiger partial charge in [0, 0.05) is 26.7 Å². The fraction of sp³-hybridized carbons (Fsp3) is 0.577. The molecule has 0 aromatic carbocycles. The average Bonchev–Trinajstić information content (AvgIpc) is 3.03. The topological polar surface area (TPSA) is 81.7 Å². The molecule has 3 aliphatic rings. The van der Waals surface area contributed by atoms with Crippen LogP contribution in [0.3, 0.4) is 0 Å². The van der Waals surface area contributed by atoms with E-state index in [1.54, 1.807) is 11.3 Å². The van der Waals surface area contributed by atoms with Crippen molar-refractivity contribution < 1.29 is 23.9 Å². The first-order valence-corrected chi connectivity index (χ1v) is 12.7. The van der Waals surface area contributed by atoms with Crippen molar-refractivity contribution in [2.24, 2.45) is 11.8 Å². The molecule has 1 aromatic heterocycles. The zero-order chi connectivity index (χ0) is 23.7. The smallest absolute Gasteiger partial charge is 0.337 e. The number of rotatable bonds is 4. The predicted octanol–water partition coefficient (Wildman–Crippen LogP) is 4.94. The van der Waals surface area contributed by atoms with Crippen LogP contribution in [0.1, 0.15) is 74.5 Å². The Morgan fingerprint density at radius 2 is 1.79 bits per heavy atom. The largest absolute Gasteiger partial charge is 0.468 e. The predicted molar refractivity (Wildman–Crippen MR) is 127 cm³/mol. The molecule has 3 atom stereocenters. The normalized spacial score (nSPS) is 26.4. The molecule has 0 amide bonds. The third-order valence-corrected chi connectivity index (χ3v) is 8.15. The second-order valence-corrected chi connectivity index (χ2v) is 10.8. The molecule has 1 N–H and O–H groups in total. The number of carbonyl (C=O) groups excluding carboxylic acids is 3. The zero-order valence-electron chi connectivity index (χ0n) is 19.9. The maximum atomic E-state index is 13.7. The summed E-state index contributed by atoms with van der Waals surface area (Å²) in [5.41, 5.74) is 2.50. The molecule has 1 aromatic rings. The van der Waals surface area contributed by atoms with E-state index in [1.807, 2.05) is 32.9 Å². The summed E-state index contributed by atoms with van der Waals surface area (Å²) in [5, 5.41) is 3.33. The average molecular weight is 472 g/mol. The van der Waals surface area contributed by atoms with Gasteiger partial charge in [0.2, 0.25) is 0 Å². The molecule has 1 aliphatic heterocycles. The molecule has 7 heteroatoms. The van der Waals surface area contributed by atoms with E-state index >= 15 is 0 Å². The Morgan fingerprint density at radius 1 is 1.09 bits per heavy atom. The summed E-state index contributed by atoms with van der Waals surface area (Å²) in [7, 11) is 1.31. The third kappa shape index (κ3) is 4.65. The number of ether oxygens (including phenoxy) is 2. The molecule has 0 spiro atoms. The molecule has 2 aliphatic carbocycles. The quantitative estimate of drug-likeness (QED) is 0.381. The van der Waals surface area contributed by atoms with E-state index < -0.39 is 17.8 Å². The van der Waals surface area contributed by atoms with Gasteiger partial charge in [-0.3, -0.25) is 9.59 Å². The van der Waals surface area contributed by atoms with Gasteiger partial charge in [-0.15, -0.1) is 11.3 Å². The zero-order valence-corrected chi connectivity index (χ0v) is 20.7. The van der Waals surface area contributed by atoms with Gasteiger partial charge in [-0.2, -0.15) is 0 Å². The molecule has 178 valence electrons. The number of ketones is 1. The summed E-state index contributed by atoms with van der Waals surface area (Å²) in [6, 6.07) is 3.98. The molecule has 0 radical (unpaired) electrons. The third-order valence-electron chi connectivity index (χ3n) is 7.08. The van der Waals surface area contributed by atoms with E-state index in [1.165, 1.54) is 20.0 Å². The first-order chi connectivity index (χ1) is 15.8. The number of aryl methyl sites for hydroxylation is 1. The maximum absolute atomic E-state index is 13.7. The minimum Gasteiger partial charge on any atom is -0.468 e. The monoisotopic (exact) mass is 471 g/mol. The van der Waals surface area contributed by atoms with Crippen molar-refractivity contribution in [2.45, 2.75) is 77.7 Å². The Kier molecular flexibility index (Phi) is 7.07. The van der Waals surface area contributed by atoms with Crippen molar-refractivity contribution in [1.82, 2.24) is 5.32 Å². The van der Waals surface area contributed by atoms with E-state index in [9.17, 15) is 14.4 Å². The number of Topliss-reactive ketones (excluding diaryl/α,β-unsaturated/α-hetero) is 1. The maximum Gasteiger partial charge on any atom is 0.337 e. The summed E-state index contributed by atoms with van der Waals surface area (Å²) >= 11 is 1.57. The summed E-state index contributed by atoms with van der Waals surface area (Å²) in [5.74, 6) is -2.73. The SMILES string of the molecule is COC(=O)[C@@H]1C(=O)C2=C(C[C@H]1C)NC(C)=C(C(=O)OC1CCCCCC1)[C@@H]2c1ccc(C)s1. The molecule has 33 heavy (non-hydrogen) atoms. The van der Waals surface area contributed by atoms with Gasteiger partial charge in [-0.1, -0.05) is 19.8 Å². The van der Waals surface area contributed by atoms with Crippen molar-refractivity contribution in [3.63, 3.8) is 0 Å². The molecule has 0 saturated heterocycles. The van der Waals surface area contributed by atoms with Crippen molar-refractivity contribution >= 4 is 29.1 Å². The van der Waals surface area contributed by atoms with Gasteiger partial charge in [-0.25, -0.2) is 4.79 Å². The highest BCUT2D eigenvalue weighted by molar-refractivity contribution is 7.12. The van der Waals surface area contributed by atoms with Crippen molar-refractivity contribution in [3.8, 4) is 0 Å². The van der Waals surface area contributed by atoms with Gasteiger partial charge in [0.15, 0.2) is 5.78 Å². The Labute approximate surface area is 199 Å². The molecule has 1 fully saturated rings. The Hall–Kier alpha value is -2.41. The van der Waals surface area contributed by atoms with Crippen LogP contribution >= 0.6 is 11.3 Å². The van der Waals surface area contributed by atoms with Gasteiger partial charge in [0.25, 0.3) is 0 Å². The van der Waals surface area contributed by atoms with Gasteiger partial charge < -0.3 is 14.8 Å². The second-order valence-electron chi connectivity index (χ2n) is 9.50. The number of hydrogen-bond donors (Lipinski definition) is 1. The van der Waals surface area contributed by atoms with Crippen molar-refractivity contribution in [2.75, 3.05) is 7.11 Å². The standard InChI is InChI=1S/C26H33NO5S/c1-14-13-18-22(24(28)20(14)25(29)31-4)23(19-12-11-15(2)33-19)21(16(3)27-18)26(30)32-17-9-7-5-6-8-10-17/h11-12,14,17,20,23,27H,5-10,13H2,1-4H3/t14-,20+,23+/m1/s1. The minimum absolute atomic E-state index is 0.0914. The molecule has 6 nitrogen and oxygen atoms in total. The first kappa shape index (κ1) is 23.7.